The van der Waals surface area contributed by atoms with Gasteiger partial charge in [-0.05, 0) is 41.8 Å². The van der Waals surface area contributed by atoms with E-state index in [9.17, 15) is 4.79 Å². The molecule has 28 heavy (non-hydrogen) atoms. The van der Waals surface area contributed by atoms with Crippen LogP contribution in [0.5, 0.6) is 0 Å². The molecule has 0 aliphatic carbocycles. The van der Waals surface area contributed by atoms with Crippen molar-refractivity contribution in [1.29, 1.82) is 0 Å². The third-order valence-electron chi connectivity index (χ3n) is 4.16. The van der Waals surface area contributed by atoms with Gasteiger partial charge < -0.3 is 15.1 Å². The van der Waals surface area contributed by atoms with Gasteiger partial charge in [0.15, 0.2) is 5.96 Å². The molecule has 0 aliphatic rings. The third-order valence-corrected chi connectivity index (χ3v) is 4.39. The molecule has 0 saturated carbocycles. The Kier molecular flexibility index (Phi) is 10.3. The highest BCUT2D eigenvalue weighted by molar-refractivity contribution is 14.0. The van der Waals surface area contributed by atoms with Crippen LogP contribution in [0.25, 0.3) is 0 Å². The summed E-state index contributed by atoms with van der Waals surface area (Å²) in [7, 11) is 7.28. The Morgan fingerprint density at radius 1 is 1.07 bits per heavy atom. The van der Waals surface area contributed by atoms with E-state index in [0.717, 1.165) is 35.1 Å². The summed E-state index contributed by atoms with van der Waals surface area (Å²) in [4.78, 5) is 20.1. The van der Waals surface area contributed by atoms with Gasteiger partial charge in [0.25, 0.3) is 5.91 Å². The fraction of sp³-hybridized carbons (Fsp3) is 0.333. The fourth-order valence-electron chi connectivity index (χ4n) is 2.81. The molecule has 152 valence electrons. The fourth-order valence-corrected chi connectivity index (χ4v) is 3.02. The highest BCUT2D eigenvalue weighted by Gasteiger charge is 2.09. The molecule has 0 saturated heterocycles. The van der Waals surface area contributed by atoms with E-state index < -0.39 is 0 Å². The van der Waals surface area contributed by atoms with Crippen molar-refractivity contribution in [2.45, 2.75) is 13.0 Å². The topological polar surface area (TPSA) is 47.9 Å². The zero-order chi connectivity index (χ0) is 19.8. The first-order chi connectivity index (χ1) is 12.9. The van der Waals surface area contributed by atoms with Gasteiger partial charge in [-0.3, -0.25) is 9.79 Å². The van der Waals surface area contributed by atoms with Gasteiger partial charge in [-0.15, -0.1) is 24.0 Å². The number of guanidine groups is 1. The zero-order valence-corrected chi connectivity index (χ0v) is 19.9. The van der Waals surface area contributed by atoms with Crippen LogP contribution >= 0.6 is 35.6 Å². The lowest BCUT2D eigenvalue weighted by molar-refractivity contribution is 0.0827. The minimum absolute atomic E-state index is 0. The van der Waals surface area contributed by atoms with Gasteiger partial charge in [-0.25, -0.2) is 0 Å². The molecule has 2 aromatic rings. The predicted molar refractivity (Wildman–Crippen MR) is 128 cm³/mol. The lowest BCUT2D eigenvalue weighted by Gasteiger charge is -2.22. The summed E-state index contributed by atoms with van der Waals surface area (Å²) in [6, 6.07) is 15.6. The quantitative estimate of drug-likeness (QED) is 0.361. The molecule has 0 spiro atoms. The number of rotatable bonds is 6. The van der Waals surface area contributed by atoms with Gasteiger partial charge in [-0.2, -0.15) is 0 Å². The average molecular weight is 515 g/mol. The molecule has 0 aromatic heterocycles. The normalized spacial score (nSPS) is 10.8. The molecule has 0 aliphatic heterocycles. The summed E-state index contributed by atoms with van der Waals surface area (Å²) in [5, 5.41) is 4.10. The molecule has 0 unspecified atom stereocenters. The van der Waals surface area contributed by atoms with Crippen LogP contribution in [0.4, 0.5) is 0 Å². The van der Waals surface area contributed by atoms with Crippen molar-refractivity contribution in [1.82, 2.24) is 15.1 Å². The van der Waals surface area contributed by atoms with E-state index in [4.69, 9.17) is 11.6 Å². The predicted octanol–water partition coefficient (Wildman–Crippen LogP) is 3.91. The minimum Gasteiger partial charge on any atom is -0.356 e. The second-order valence-corrected chi connectivity index (χ2v) is 7.05. The summed E-state index contributed by atoms with van der Waals surface area (Å²) in [6.45, 7) is 1.44. The molecule has 0 atom stereocenters. The molecule has 1 N–H and O–H groups in total. The molecule has 2 rings (SSSR count). The van der Waals surface area contributed by atoms with E-state index in [1.165, 1.54) is 0 Å². The monoisotopic (exact) mass is 514 g/mol. The highest BCUT2D eigenvalue weighted by atomic mass is 127. The first kappa shape index (κ1) is 24.2. The Morgan fingerprint density at radius 2 is 1.75 bits per heavy atom. The van der Waals surface area contributed by atoms with Crippen LogP contribution in [-0.2, 0) is 13.0 Å². The summed E-state index contributed by atoms with van der Waals surface area (Å²) in [6.07, 6.45) is 0.804. The summed E-state index contributed by atoms with van der Waals surface area (Å²) < 4.78 is 0. The molecule has 0 bridgehead atoms. The van der Waals surface area contributed by atoms with E-state index in [-0.39, 0.29) is 29.9 Å². The largest absolute Gasteiger partial charge is 0.356 e. The lowest BCUT2D eigenvalue weighted by Crippen LogP contribution is -2.39. The second-order valence-electron chi connectivity index (χ2n) is 6.61. The van der Waals surface area contributed by atoms with Crippen LogP contribution < -0.4 is 5.32 Å². The molecule has 0 heterocycles. The zero-order valence-electron chi connectivity index (χ0n) is 16.8. The summed E-state index contributed by atoms with van der Waals surface area (Å²) in [5.74, 6) is 0.831. The number of carbonyl (C=O) groups excluding carboxylic acids is 1. The van der Waals surface area contributed by atoms with Crippen LogP contribution in [0.1, 0.15) is 21.5 Å². The van der Waals surface area contributed by atoms with Crippen LogP contribution in [0.3, 0.4) is 0 Å². The Labute approximate surface area is 189 Å². The molecule has 7 heteroatoms. The molecule has 1 amide bonds. The minimum atomic E-state index is 0. The van der Waals surface area contributed by atoms with Crippen molar-refractivity contribution in [3.05, 3.63) is 70.2 Å². The van der Waals surface area contributed by atoms with Crippen molar-refractivity contribution in [2.75, 3.05) is 34.7 Å². The first-order valence-electron chi connectivity index (χ1n) is 8.87. The average Bonchev–Trinajstić information content (AvgIpc) is 2.64. The van der Waals surface area contributed by atoms with Crippen molar-refractivity contribution in [3.63, 3.8) is 0 Å². The maximum absolute atomic E-state index is 12.1. The van der Waals surface area contributed by atoms with Crippen molar-refractivity contribution >= 4 is 47.4 Å². The Bertz CT molecular complexity index is 810. The van der Waals surface area contributed by atoms with E-state index in [2.05, 4.69) is 15.2 Å². The van der Waals surface area contributed by atoms with E-state index in [1.807, 2.05) is 55.6 Å². The SMILES string of the molecule is CN=C(NCCc1cccc(C(=O)N(C)C)c1)N(C)Cc1cccc(Cl)c1.I. The summed E-state index contributed by atoms with van der Waals surface area (Å²) >= 11 is 6.06. The second kappa shape index (κ2) is 11.9. The van der Waals surface area contributed by atoms with E-state index >= 15 is 0 Å². The number of halogens is 2. The van der Waals surface area contributed by atoms with Gasteiger partial charge in [0.1, 0.15) is 0 Å². The number of amides is 1. The first-order valence-corrected chi connectivity index (χ1v) is 9.25. The van der Waals surface area contributed by atoms with Gasteiger partial charge in [-0.1, -0.05) is 35.9 Å². The van der Waals surface area contributed by atoms with Crippen LogP contribution in [0, 0.1) is 0 Å². The number of nitrogens with zero attached hydrogens (tertiary/aromatic N) is 3. The molecular weight excluding hydrogens is 487 g/mol. The maximum Gasteiger partial charge on any atom is 0.253 e. The van der Waals surface area contributed by atoms with Gasteiger partial charge >= 0.3 is 0 Å². The number of aliphatic imine (C=N–C) groups is 1. The van der Waals surface area contributed by atoms with Gasteiger partial charge in [0.05, 0.1) is 0 Å². The molecule has 0 fully saturated rings. The van der Waals surface area contributed by atoms with Crippen LogP contribution in [0.15, 0.2) is 53.5 Å². The number of hydrogen-bond acceptors (Lipinski definition) is 2. The summed E-state index contributed by atoms with van der Waals surface area (Å²) in [5.41, 5.74) is 2.95. The molecular formula is C21H28ClIN4O. The van der Waals surface area contributed by atoms with Gasteiger partial charge in [0, 0.05) is 51.9 Å². The molecule has 2 aromatic carbocycles. The number of benzene rings is 2. The number of carbonyl (C=O) groups is 1. The van der Waals surface area contributed by atoms with E-state index in [0.29, 0.717) is 12.1 Å². The molecule has 5 nitrogen and oxygen atoms in total. The van der Waals surface area contributed by atoms with Crippen molar-refractivity contribution < 1.29 is 4.79 Å². The highest BCUT2D eigenvalue weighted by Crippen LogP contribution is 2.12. The van der Waals surface area contributed by atoms with Gasteiger partial charge in [0.2, 0.25) is 0 Å². The number of hydrogen-bond donors (Lipinski definition) is 1. The van der Waals surface area contributed by atoms with E-state index in [1.54, 1.807) is 26.0 Å². The Balaban J connectivity index is 0.00000392. The lowest BCUT2D eigenvalue weighted by atomic mass is 10.1. The Morgan fingerprint density at radius 3 is 2.39 bits per heavy atom. The van der Waals surface area contributed by atoms with Crippen LogP contribution in [-0.4, -0.2) is 56.4 Å². The van der Waals surface area contributed by atoms with Crippen molar-refractivity contribution in [2.24, 2.45) is 4.99 Å². The number of nitrogens with one attached hydrogen (secondary N) is 1. The molecule has 0 radical (unpaired) electrons. The Hall–Kier alpha value is -1.80. The smallest absolute Gasteiger partial charge is 0.253 e. The standard InChI is InChI=1S/C21H27ClN4O.HI/c1-23-21(26(4)15-17-8-6-10-19(22)14-17)24-12-11-16-7-5-9-18(13-16)20(27)25(2)3;/h5-10,13-14H,11-12,15H2,1-4H3,(H,23,24);1H. The van der Waals surface area contributed by atoms with Crippen LogP contribution in [0.2, 0.25) is 5.02 Å². The third kappa shape index (κ3) is 7.31. The van der Waals surface area contributed by atoms with Crippen molar-refractivity contribution in [3.8, 4) is 0 Å². The maximum atomic E-state index is 12.1.